The van der Waals surface area contributed by atoms with Crippen LogP contribution in [0, 0.1) is 6.92 Å². The molecule has 0 fully saturated rings. The number of rotatable bonds is 8. The van der Waals surface area contributed by atoms with Gasteiger partial charge >= 0.3 is 0 Å². The molecule has 0 atom stereocenters. The molecule has 0 radical (unpaired) electrons. The van der Waals surface area contributed by atoms with Crippen molar-refractivity contribution in [2.45, 2.75) is 31.6 Å². The van der Waals surface area contributed by atoms with Crippen molar-refractivity contribution in [3.63, 3.8) is 0 Å². The molecule has 0 bridgehead atoms. The lowest BCUT2D eigenvalue weighted by molar-refractivity contribution is -0.118. The molecule has 3 rings (SSSR count). The molecule has 0 saturated heterocycles. The minimum atomic E-state index is -3.86. The normalized spacial score (nSPS) is 11.3. The van der Waals surface area contributed by atoms with Crippen LogP contribution in [0.2, 0.25) is 10.0 Å². The molecule has 0 aliphatic carbocycles. The number of ether oxygens (including phenoxy) is 1. The fourth-order valence-corrected chi connectivity index (χ4v) is 4.78. The molecule has 0 spiro atoms. The highest BCUT2D eigenvalue weighted by atomic mass is 35.5. The Morgan fingerprint density at radius 2 is 1.64 bits per heavy atom. The number of sulfonamides is 1. The van der Waals surface area contributed by atoms with Crippen LogP contribution >= 0.6 is 23.2 Å². The third kappa shape index (κ3) is 6.63. The molecular weight excluding hydrogens is 483 g/mol. The maximum absolute atomic E-state index is 12.6. The van der Waals surface area contributed by atoms with Gasteiger partial charge in [0, 0.05) is 15.7 Å². The molecule has 9 heteroatoms. The van der Waals surface area contributed by atoms with E-state index in [1.54, 1.807) is 0 Å². The molecule has 0 aliphatic heterocycles. The predicted molar refractivity (Wildman–Crippen MR) is 133 cm³/mol. The van der Waals surface area contributed by atoms with E-state index in [0.717, 1.165) is 16.8 Å². The van der Waals surface area contributed by atoms with E-state index in [2.05, 4.69) is 23.9 Å². The summed E-state index contributed by atoms with van der Waals surface area (Å²) in [4.78, 5) is 12.5. The minimum Gasteiger partial charge on any atom is -0.484 e. The molecule has 174 valence electrons. The number of amides is 1. The van der Waals surface area contributed by atoms with Crippen LogP contribution in [0.1, 0.15) is 30.9 Å². The van der Waals surface area contributed by atoms with E-state index in [-0.39, 0.29) is 29.0 Å². The van der Waals surface area contributed by atoms with E-state index in [1.807, 2.05) is 25.1 Å². The van der Waals surface area contributed by atoms with Crippen molar-refractivity contribution in [1.82, 2.24) is 0 Å². The number of halogens is 2. The standard InChI is InChI=1S/C24H24Cl2N2O4S/c1-15(2)22-6-4-5-16(3)24(22)27-23(29)14-32-20-7-9-21(10-8-20)33(30,31)28-19-12-17(25)11-18(26)13-19/h4-13,15,28H,14H2,1-3H3,(H,27,29). The summed E-state index contributed by atoms with van der Waals surface area (Å²) in [5, 5.41) is 3.54. The van der Waals surface area contributed by atoms with Crippen molar-refractivity contribution in [2.75, 3.05) is 16.6 Å². The molecule has 0 aliphatic rings. The Morgan fingerprint density at radius 1 is 1.00 bits per heavy atom. The summed E-state index contributed by atoms with van der Waals surface area (Å²) in [7, 11) is -3.86. The molecule has 2 N–H and O–H groups in total. The summed E-state index contributed by atoms with van der Waals surface area (Å²) in [6.07, 6.45) is 0. The highest BCUT2D eigenvalue weighted by Gasteiger charge is 2.16. The van der Waals surface area contributed by atoms with Crippen LogP contribution in [0.3, 0.4) is 0 Å². The number of para-hydroxylation sites is 1. The van der Waals surface area contributed by atoms with Crippen LogP contribution in [0.25, 0.3) is 0 Å². The first-order valence-corrected chi connectivity index (χ1v) is 12.4. The first-order chi connectivity index (χ1) is 15.5. The van der Waals surface area contributed by atoms with Crippen molar-refractivity contribution in [2.24, 2.45) is 0 Å². The lowest BCUT2D eigenvalue weighted by atomic mass is 9.98. The van der Waals surface area contributed by atoms with Crippen LogP contribution in [0.4, 0.5) is 11.4 Å². The van der Waals surface area contributed by atoms with Crippen LogP contribution in [-0.4, -0.2) is 20.9 Å². The number of benzene rings is 3. The first-order valence-electron chi connectivity index (χ1n) is 10.2. The van der Waals surface area contributed by atoms with Gasteiger partial charge in [-0.05, 0) is 66.4 Å². The fourth-order valence-electron chi connectivity index (χ4n) is 3.21. The topological polar surface area (TPSA) is 84.5 Å². The Bertz CT molecular complexity index is 1240. The van der Waals surface area contributed by atoms with E-state index >= 15 is 0 Å². The Hall–Kier alpha value is -2.74. The van der Waals surface area contributed by atoms with Gasteiger partial charge in [0.25, 0.3) is 15.9 Å². The van der Waals surface area contributed by atoms with Crippen LogP contribution in [0.15, 0.2) is 65.6 Å². The van der Waals surface area contributed by atoms with Gasteiger partial charge in [0.05, 0.1) is 10.6 Å². The number of aryl methyl sites for hydroxylation is 1. The number of carbonyl (C=O) groups is 1. The van der Waals surface area contributed by atoms with Gasteiger partial charge in [0.15, 0.2) is 6.61 Å². The summed E-state index contributed by atoms with van der Waals surface area (Å²) in [5.41, 5.74) is 3.06. The number of hydrogen-bond donors (Lipinski definition) is 2. The van der Waals surface area contributed by atoms with Crippen LogP contribution < -0.4 is 14.8 Å². The summed E-state index contributed by atoms with van der Waals surface area (Å²) in [6, 6.07) is 16.1. The highest BCUT2D eigenvalue weighted by Crippen LogP contribution is 2.28. The summed E-state index contributed by atoms with van der Waals surface area (Å²) in [6.45, 7) is 5.85. The molecule has 1 amide bonds. The molecule has 0 aromatic heterocycles. The molecule has 3 aromatic rings. The van der Waals surface area contributed by atoms with Gasteiger partial charge in [-0.2, -0.15) is 0 Å². The lowest BCUT2D eigenvalue weighted by Gasteiger charge is -2.16. The summed E-state index contributed by atoms with van der Waals surface area (Å²) >= 11 is 11.8. The first kappa shape index (κ1) is 24.9. The third-order valence-corrected chi connectivity index (χ3v) is 6.64. The van der Waals surface area contributed by atoms with E-state index < -0.39 is 10.0 Å². The zero-order valence-corrected chi connectivity index (χ0v) is 20.7. The Morgan fingerprint density at radius 3 is 2.24 bits per heavy atom. The van der Waals surface area contributed by atoms with Crippen molar-refractivity contribution < 1.29 is 17.9 Å². The van der Waals surface area contributed by atoms with Crippen molar-refractivity contribution in [3.8, 4) is 5.75 Å². The molecule has 0 saturated carbocycles. The van der Waals surface area contributed by atoms with Gasteiger partial charge in [-0.25, -0.2) is 8.42 Å². The van der Waals surface area contributed by atoms with E-state index in [4.69, 9.17) is 27.9 Å². The number of hydrogen-bond acceptors (Lipinski definition) is 4. The lowest BCUT2D eigenvalue weighted by Crippen LogP contribution is -2.21. The SMILES string of the molecule is Cc1cccc(C(C)C)c1NC(=O)COc1ccc(S(=O)(=O)Nc2cc(Cl)cc(Cl)c2)cc1. The molecular formula is C24H24Cl2N2O4S. The van der Waals surface area contributed by atoms with Crippen LogP contribution in [-0.2, 0) is 14.8 Å². The second-order valence-corrected chi connectivity index (χ2v) is 10.3. The third-order valence-electron chi connectivity index (χ3n) is 4.81. The number of carbonyl (C=O) groups excluding carboxylic acids is 1. The molecule has 3 aromatic carbocycles. The maximum Gasteiger partial charge on any atom is 0.262 e. The predicted octanol–water partition coefficient (Wildman–Crippen LogP) is 6.24. The monoisotopic (exact) mass is 506 g/mol. The van der Waals surface area contributed by atoms with Gasteiger partial charge in [-0.15, -0.1) is 0 Å². The van der Waals surface area contributed by atoms with E-state index in [0.29, 0.717) is 15.8 Å². The van der Waals surface area contributed by atoms with Gasteiger partial charge < -0.3 is 10.1 Å². The average Bonchev–Trinajstić information content (AvgIpc) is 2.72. The zero-order valence-electron chi connectivity index (χ0n) is 18.4. The smallest absolute Gasteiger partial charge is 0.262 e. The molecule has 33 heavy (non-hydrogen) atoms. The second kappa shape index (κ2) is 10.5. The number of nitrogens with one attached hydrogen (secondary N) is 2. The Kier molecular flexibility index (Phi) is 7.89. The van der Waals surface area contributed by atoms with E-state index in [9.17, 15) is 13.2 Å². The number of anilines is 2. The van der Waals surface area contributed by atoms with Crippen molar-refractivity contribution in [1.29, 1.82) is 0 Å². The Balaban J connectivity index is 1.63. The van der Waals surface area contributed by atoms with Gasteiger partial charge in [-0.3, -0.25) is 9.52 Å². The second-order valence-electron chi connectivity index (χ2n) is 7.77. The van der Waals surface area contributed by atoms with Crippen LogP contribution in [0.5, 0.6) is 5.75 Å². The quantitative estimate of drug-likeness (QED) is 0.378. The van der Waals surface area contributed by atoms with Crippen molar-refractivity contribution in [3.05, 3.63) is 81.8 Å². The molecule has 0 unspecified atom stereocenters. The summed E-state index contributed by atoms with van der Waals surface area (Å²) in [5.74, 6) is 0.318. The van der Waals surface area contributed by atoms with E-state index in [1.165, 1.54) is 42.5 Å². The van der Waals surface area contributed by atoms with Gasteiger partial charge in [0.2, 0.25) is 0 Å². The van der Waals surface area contributed by atoms with Gasteiger partial charge in [-0.1, -0.05) is 55.2 Å². The van der Waals surface area contributed by atoms with Gasteiger partial charge in [0.1, 0.15) is 5.75 Å². The maximum atomic E-state index is 12.6. The van der Waals surface area contributed by atoms with Crippen molar-refractivity contribution >= 4 is 50.5 Å². The highest BCUT2D eigenvalue weighted by molar-refractivity contribution is 7.92. The zero-order chi connectivity index (χ0) is 24.2. The largest absolute Gasteiger partial charge is 0.484 e. The fraction of sp³-hybridized carbons (Fsp3) is 0.208. The molecule has 6 nitrogen and oxygen atoms in total. The Labute approximate surface area is 203 Å². The average molecular weight is 507 g/mol. The minimum absolute atomic E-state index is 0.0249. The molecule has 0 heterocycles. The summed E-state index contributed by atoms with van der Waals surface area (Å²) < 4.78 is 33.2.